The molecule has 1 heterocycles. The molecule has 0 saturated heterocycles. The number of aromatic nitrogens is 2. The Labute approximate surface area is 120 Å². The van der Waals surface area contributed by atoms with Crippen LogP contribution in [0.3, 0.4) is 0 Å². The van der Waals surface area contributed by atoms with E-state index in [0.717, 1.165) is 12.8 Å². The second kappa shape index (κ2) is 6.38. The Morgan fingerprint density at radius 3 is 3.00 bits per heavy atom. The van der Waals surface area contributed by atoms with Crippen LogP contribution in [0.1, 0.15) is 35.4 Å². The highest BCUT2D eigenvalue weighted by Gasteiger charge is 2.11. The first-order valence-electron chi connectivity index (χ1n) is 6.07. The summed E-state index contributed by atoms with van der Waals surface area (Å²) in [4.78, 5) is 15.1. The number of hydrogen-bond donors (Lipinski definition) is 1. The molecule has 20 heavy (non-hydrogen) atoms. The van der Waals surface area contributed by atoms with E-state index in [1.165, 1.54) is 12.1 Å². The van der Waals surface area contributed by atoms with E-state index in [1.807, 2.05) is 6.92 Å². The number of carbonyl (C=O) groups is 1. The molecule has 1 N–H and O–H groups in total. The Kier molecular flexibility index (Phi) is 4.57. The summed E-state index contributed by atoms with van der Waals surface area (Å²) < 4.78 is 10.4. The van der Waals surface area contributed by atoms with Crippen LogP contribution in [-0.2, 0) is 13.0 Å². The van der Waals surface area contributed by atoms with Crippen molar-refractivity contribution in [2.75, 3.05) is 0 Å². The molecule has 0 bridgehead atoms. The lowest BCUT2D eigenvalue weighted by molar-refractivity contribution is 0.0696. The predicted octanol–water partition coefficient (Wildman–Crippen LogP) is 2.95. The third-order valence-electron chi connectivity index (χ3n) is 2.51. The first-order chi connectivity index (χ1) is 9.60. The molecule has 0 amide bonds. The number of nitrogens with zero attached hydrogens (tertiary/aromatic N) is 2. The van der Waals surface area contributed by atoms with Crippen molar-refractivity contribution < 1.29 is 19.2 Å². The lowest BCUT2D eigenvalue weighted by Gasteiger charge is -2.05. The van der Waals surface area contributed by atoms with Crippen molar-refractivity contribution in [2.45, 2.75) is 26.4 Å². The number of rotatable bonds is 6. The van der Waals surface area contributed by atoms with Crippen LogP contribution in [0.2, 0.25) is 5.02 Å². The van der Waals surface area contributed by atoms with Gasteiger partial charge in [0.2, 0.25) is 0 Å². The molecule has 0 aliphatic heterocycles. The smallest absolute Gasteiger partial charge is 0.337 e. The van der Waals surface area contributed by atoms with Crippen LogP contribution in [0.5, 0.6) is 5.75 Å². The highest BCUT2D eigenvalue weighted by molar-refractivity contribution is 6.33. The van der Waals surface area contributed by atoms with Gasteiger partial charge in [-0.25, -0.2) is 4.79 Å². The molecule has 0 unspecified atom stereocenters. The van der Waals surface area contributed by atoms with Crippen molar-refractivity contribution in [1.29, 1.82) is 0 Å². The van der Waals surface area contributed by atoms with Crippen molar-refractivity contribution in [3.63, 3.8) is 0 Å². The maximum absolute atomic E-state index is 10.9. The van der Waals surface area contributed by atoms with E-state index >= 15 is 0 Å². The summed E-state index contributed by atoms with van der Waals surface area (Å²) in [5.74, 6) is 0.249. The second-order valence-electron chi connectivity index (χ2n) is 4.09. The number of benzene rings is 1. The number of hydrogen-bond acceptors (Lipinski definition) is 5. The number of carboxylic acids is 1. The molecule has 106 valence electrons. The second-order valence-corrected chi connectivity index (χ2v) is 4.50. The van der Waals surface area contributed by atoms with Crippen molar-refractivity contribution >= 4 is 17.6 Å². The van der Waals surface area contributed by atoms with E-state index in [2.05, 4.69) is 10.1 Å². The molecule has 7 heteroatoms. The predicted molar refractivity (Wildman–Crippen MR) is 71.0 cm³/mol. The average Bonchev–Trinajstić information content (AvgIpc) is 2.86. The van der Waals surface area contributed by atoms with Crippen LogP contribution >= 0.6 is 11.6 Å². The van der Waals surface area contributed by atoms with Gasteiger partial charge in [0.25, 0.3) is 5.89 Å². The van der Waals surface area contributed by atoms with Crippen LogP contribution in [0, 0.1) is 0 Å². The van der Waals surface area contributed by atoms with Gasteiger partial charge in [-0.05, 0) is 24.6 Å². The van der Waals surface area contributed by atoms with Crippen molar-refractivity contribution in [2.24, 2.45) is 0 Å². The van der Waals surface area contributed by atoms with Gasteiger partial charge in [-0.15, -0.1) is 0 Å². The summed E-state index contributed by atoms with van der Waals surface area (Å²) in [6.07, 6.45) is 1.67. The van der Waals surface area contributed by atoms with Gasteiger partial charge >= 0.3 is 5.97 Å². The van der Waals surface area contributed by atoms with Gasteiger partial charge in [-0.3, -0.25) is 0 Å². The summed E-state index contributed by atoms with van der Waals surface area (Å²) in [7, 11) is 0. The topological polar surface area (TPSA) is 85.5 Å². The maximum atomic E-state index is 10.9. The van der Waals surface area contributed by atoms with Gasteiger partial charge in [0.15, 0.2) is 12.4 Å². The number of halogens is 1. The Morgan fingerprint density at radius 1 is 1.50 bits per heavy atom. The first kappa shape index (κ1) is 14.3. The van der Waals surface area contributed by atoms with Gasteiger partial charge in [-0.2, -0.15) is 4.98 Å². The van der Waals surface area contributed by atoms with E-state index in [0.29, 0.717) is 17.5 Å². The van der Waals surface area contributed by atoms with Crippen LogP contribution in [0.4, 0.5) is 0 Å². The number of aryl methyl sites for hydroxylation is 1. The minimum atomic E-state index is -1.11. The van der Waals surface area contributed by atoms with Crippen LogP contribution in [-0.4, -0.2) is 21.2 Å². The lowest BCUT2D eigenvalue weighted by atomic mass is 10.2. The number of ether oxygens (including phenoxy) is 1. The molecule has 0 saturated carbocycles. The van der Waals surface area contributed by atoms with E-state index in [4.69, 9.17) is 26.0 Å². The van der Waals surface area contributed by atoms with Crippen LogP contribution in [0.25, 0.3) is 0 Å². The quantitative estimate of drug-likeness (QED) is 0.882. The van der Waals surface area contributed by atoms with Gasteiger partial charge in [0.1, 0.15) is 5.75 Å². The minimum Gasteiger partial charge on any atom is -0.484 e. The Hall–Kier alpha value is -2.08. The standard InChI is InChI=1S/C13H13ClN2O4/c1-2-3-11-15-12(20-16-11)7-19-8-4-5-10(14)9(6-8)13(17)18/h4-6H,2-3,7H2,1H3,(H,17,18). The van der Waals surface area contributed by atoms with Gasteiger partial charge in [0, 0.05) is 6.42 Å². The number of aromatic carboxylic acids is 1. The Balaban J connectivity index is 2.03. The van der Waals surface area contributed by atoms with Crippen LogP contribution in [0.15, 0.2) is 22.7 Å². The molecule has 1 aromatic heterocycles. The normalized spacial score (nSPS) is 10.5. The zero-order valence-corrected chi connectivity index (χ0v) is 11.6. The molecule has 1 aromatic carbocycles. The molecule has 6 nitrogen and oxygen atoms in total. The SMILES string of the molecule is CCCc1noc(COc2ccc(Cl)c(C(=O)O)c2)n1. The lowest BCUT2D eigenvalue weighted by Crippen LogP contribution is -2.00. The van der Waals surface area contributed by atoms with Crippen LogP contribution < -0.4 is 4.74 Å². The summed E-state index contributed by atoms with van der Waals surface area (Å²) in [6.45, 7) is 2.10. The highest BCUT2D eigenvalue weighted by Crippen LogP contribution is 2.22. The zero-order valence-electron chi connectivity index (χ0n) is 10.8. The molecule has 0 spiro atoms. The Bertz CT molecular complexity index is 612. The first-order valence-corrected chi connectivity index (χ1v) is 6.45. The summed E-state index contributed by atoms with van der Waals surface area (Å²) in [5.41, 5.74) is -0.0126. The molecule has 0 fully saturated rings. The largest absolute Gasteiger partial charge is 0.484 e. The fourth-order valence-corrected chi connectivity index (χ4v) is 1.78. The molecule has 0 radical (unpaired) electrons. The zero-order chi connectivity index (χ0) is 14.5. The molecule has 0 aliphatic rings. The van der Waals surface area contributed by atoms with Gasteiger partial charge < -0.3 is 14.4 Å². The Morgan fingerprint density at radius 2 is 2.30 bits per heavy atom. The third kappa shape index (κ3) is 3.48. The van der Waals surface area contributed by atoms with Crippen molar-refractivity contribution in [3.05, 3.63) is 40.5 Å². The van der Waals surface area contributed by atoms with E-state index in [-0.39, 0.29) is 17.2 Å². The average molecular weight is 297 g/mol. The monoisotopic (exact) mass is 296 g/mol. The fraction of sp³-hybridized carbons (Fsp3) is 0.308. The van der Waals surface area contributed by atoms with Gasteiger partial charge in [0.05, 0.1) is 10.6 Å². The van der Waals surface area contributed by atoms with Crippen molar-refractivity contribution in [1.82, 2.24) is 10.1 Å². The maximum Gasteiger partial charge on any atom is 0.337 e. The molecular formula is C13H13ClN2O4. The van der Waals surface area contributed by atoms with E-state index in [1.54, 1.807) is 6.07 Å². The molecule has 0 aliphatic carbocycles. The minimum absolute atomic E-state index is 0.0126. The van der Waals surface area contributed by atoms with Gasteiger partial charge in [-0.1, -0.05) is 23.7 Å². The summed E-state index contributed by atoms with van der Waals surface area (Å²) >= 11 is 5.77. The fourth-order valence-electron chi connectivity index (χ4n) is 1.58. The molecular weight excluding hydrogens is 284 g/mol. The van der Waals surface area contributed by atoms with E-state index in [9.17, 15) is 4.79 Å². The molecule has 2 rings (SSSR count). The van der Waals surface area contributed by atoms with E-state index < -0.39 is 5.97 Å². The van der Waals surface area contributed by atoms with Crippen molar-refractivity contribution in [3.8, 4) is 5.75 Å². The third-order valence-corrected chi connectivity index (χ3v) is 2.84. The summed E-state index contributed by atoms with van der Waals surface area (Å²) in [6, 6.07) is 4.41. The highest BCUT2D eigenvalue weighted by atomic mass is 35.5. The number of carboxylic acid groups (broad SMARTS) is 1. The summed E-state index contributed by atoms with van der Waals surface area (Å²) in [5, 5.41) is 12.9. The molecule has 0 atom stereocenters. The molecule has 2 aromatic rings.